The Morgan fingerprint density at radius 1 is 1.05 bits per heavy atom. The highest BCUT2D eigenvalue weighted by Crippen LogP contribution is 2.34. The van der Waals surface area contributed by atoms with Crippen molar-refractivity contribution in [3.8, 4) is 5.75 Å². The summed E-state index contributed by atoms with van der Waals surface area (Å²) in [7, 11) is 1.64. The highest BCUT2D eigenvalue weighted by atomic mass is 35.5. The first kappa shape index (κ1) is 14.3. The number of nitrogens with one attached hydrogen (secondary N) is 1. The van der Waals surface area contributed by atoms with Gasteiger partial charge < -0.3 is 10.1 Å². The van der Waals surface area contributed by atoms with E-state index in [1.807, 2.05) is 24.3 Å². The van der Waals surface area contributed by atoms with Crippen LogP contribution in [-0.4, -0.2) is 7.11 Å². The second-order valence-electron chi connectivity index (χ2n) is 3.95. The van der Waals surface area contributed by atoms with Gasteiger partial charge in [-0.05, 0) is 29.8 Å². The van der Waals surface area contributed by atoms with Gasteiger partial charge in [0.2, 0.25) is 0 Å². The van der Waals surface area contributed by atoms with Crippen LogP contribution in [0.25, 0.3) is 0 Å². The molecule has 2 nitrogen and oxygen atoms in total. The van der Waals surface area contributed by atoms with Gasteiger partial charge in [-0.15, -0.1) is 0 Å². The number of methoxy groups -OCH3 is 1. The van der Waals surface area contributed by atoms with Crippen LogP contribution in [0.4, 0.5) is 5.69 Å². The molecule has 0 aromatic heterocycles. The third kappa shape index (κ3) is 3.69. The Labute approximate surface area is 127 Å². The van der Waals surface area contributed by atoms with Crippen molar-refractivity contribution < 1.29 is 4.74 Å². The minimum atomic E-state index is 0.500. The smallest absolute Gasteiger partial charge is 0.119 e. The topological polar surface area (TPSA) is 21.3 Å². The molecule has 0 aliphatic carbocycles. The van der Waals surface area contributed by atoms with Crippen LogP contribution in [-0.2, 0) is 6.54 Å². The molecule has 0 aliphatic heterocycles. The quantitative estimate of drug-likeness (QED) is 0.830. The first-order valence-corrected chi connectivity index (χ1v) is 6.75. The third-order valence-corrected chi connectivity index (χ3v) is 3.42. The third-order valence-electron chi connectivity index (χ3n) is 2.61. The molecule has 5 heteroatoms. The van der Waals surface area contributed by atoms with Crippen LogP contribution < -0.4 is 10.1 Å². The number of hydrogen-bond donors (Lipinski definition) is 1. The fraction of sp³-hybridized carbons (Fsp3) is 0.143. The summed E-state index contributed by atoms with van der Waals surface area (Å²) in [5, 5.41) is 4.71. The van der Waals surface area contributed by atoms with Crippen LogP contribution >= 0.6 is 34.8 Å². The van der Waals surface area contributed by atoms with Gasteiger partial charge in [-0.25, -0.2) is 0 Å². The number of ether oxygens (including phenoxy) is 1. The Morgan fingerprint density at radius 2 is 1.74 bits per heavy atom. The lowest BCUT2D eigenvalue weighted by Gasteiger charge is -2.11. The molecule has 0 unspecified atom stereocenters. The number of benzene rings is 2. The standard InChI is InChI=1S/C14H12Cl3NO/c1-19-11-4-2-3-9(5-11)8-18-14-12(16)6-10(15)7-13(14)17/h2-7,18H,8H2,1H3. The maximum Gasteiger partial charge on any atom is 0.119 e. The zero-order valence-corrected chi connectivity index (χ0v) is 12.5. The molecule has 0 atom stereocenters. The van der Waals surface area contributed by atoms with Crippen LogP contribution in [0.5, 0.6) is 5.75 Å². The Kier molecular flexibility index (Phi) is 4.81. The van der Waals surface area contributed by atoms with Gasteiger partial charge in [0.1, 0.15) is 5.75 Å². The van der Waals surface area contributed by atoms with Crippen molar-refractivity contribution in [2.75, 3.05) is 12.4 Å². The van der Waals surface area contributed by atoms with E-state index < -0.39 is 0 Å². The maximum atomic E-state index is 6.10. The predicted molar refractivity (Wildman–Crippen MR) is 81.8 cm³/mol. The summed E-state index contributed by atoms with van der Waals surface area (Å²) in [6.45, 7) is 0.596. The molecular formula is C14H12Cl3NO. The molecule has 19 heavy (non-hydrogen) atoms. The minimum Gasteiger partial charge on any atom is -0.497 e. The summed E-state index contributed by atoms with van der Waals surface area (Å²) in [6, 6.07) is 11.1. The van der Waals surface area contributed by atoms with Gasteiger partial charge in [0.15, 0.2) is 0 Å². The molecule has 0 saturated carbocycles. The van der Waals surface area contributed by atoms with Gasteiger partial charge >= 0.3 is 0 Å². The first-order valence-electron chi connectivity index (χ1n) is 5.61. The summed E-state index contributed by atoms with van der Waals surface area (Å²) < 4.78 is 5.17. The van der Waals surface area contributed by atoms with E-state index in [0.29, 0.717) is 27.3 Å². The summed E-state index contributed by atoms with van der Waals surface area (Å²) in [6.07, 6.45) is 0. The van der Waals surface area contributed by atoms with Crippen LogP contribution in [0.15, 0.2) is 36.4 Å². The average molecular weight is 317 g/mol. The molecule has 2 rings (SSSR count). The fourth-order valence-electron chi connectivity index (χ4n) is 1.68. The fourth-order valence-corrected chi connectivity index (χ4v) is 2.63. The molecule has 0 amide bonds. The molecule has 100 valence electrons. The molecular weight excluding hydrogens is 305 g/mol. The number of hydrogen-bond acceptors (Lipinski definition) is 2. The molecule has 0 fully saturated rings. The minimum absolute atomic E-state index is 0.500. The van der Waals surface area contributed by atoms with Gasteiger partial charge in [-0.3, -0.25) is 0 Å². The summed E-state index contributed by atoms with van der Waals surface area (Å²) >= 11 is 18.1. The van der Waals surface area contributed by atoms with Crippen molar-refractivity contribution >= 4 is 40.5 Å². The van der Waals surface area contributed by atoms with Crippen molar-refractivity contribution in [3.05, 3.63) is 57.0 Å². The lowest BCUT2D eigenvalue weighted by Crippen LogP contribution is -2.01. The molecule has 0 bridgehead atoms. The van der Waals surface area contributed by atoms with Crippen LogP contribution in [0, 0.1) is 0 Å². The lowest BCUT2D eigenvalue weighted by atomic mass is 10.2. The number of rotatable bonds is 4. The molecule has 0 heterocycles. The van der Waals surface area contributed by atoms with E-state index in [-0.39, 0.29) is 0 Å². The highest BCUT2D eigenvalue weighted by molar-refractivity contribution is 6.41. The molecule has 0 spiro atoms. The van der Waals surface area contributed by atoms with Crippen LogP contribution in [0.1, 0.15) is 5.56 Å². The monoisotopic (exact) mass is 315 g/mol. The van der Waals surface area contributed by atoms with Crippen molar-refractivity contribution in [1.82, 2.24) is 0 Å². The van der Waals surface area contributed by atoms with Gasteiger partial charge in [0.25, 0.3) is 0 Å². The van der Waals surface area contributed by atoms with E-state index >= 15 is 0 Å². The van der Waals surface area contributed by atoms with Gasteiger partial charge in [-0.2, -0.15) is 0 Å². The maximum absolute atomic E-state index is 6.10. The normalized spacial score (nSPS) is 10.3. The zero-order valence-electron chi connectivity index (χ0n) is 10.2. The number of anilines is 1. The SMILES string of the molecule is COc1cccc(CNc2c(Cl)cc(Cl)cc2Cl)c1. The van der Waals surface area contributed by atoms with Crippen molar-refractivity contribution in [1.29, 1.82) is 0 Å². The van der Waals surface area contributed by atoms with Crippen molar-refractivity contribution in [3.63, 3.8) is 0 Å². The average Bonchev–Trinajstić information content (AvgIpc) is 2.37. The van der Waals surface area contributed by atoms with Crippen LogP contribution in [0.3, 0.4) is 0 Å². The van der Waals surface area contributed by atoms with Gasteiger partial charge in [0, 0.05) is 11.6 Å². The number of halogens is 3. The van der Waals surface area contributed by atoms with Crippen molar-refractivity contribution in [2.45, 2.75) is 6.54 Å². The zero-order chi connectivity index (χ0) is 13.8. The Balaban J connectivity index is 2.14. The molecule has 2 aromatic rings. The summed E-state index contributed by atoms with van der Waals surface area (Å²) in [5.41, 5.74) is 1.75. The Morgan fingerprint density at radius 3 is 2.37 bits per heavy atom. The van der Waals surface area contributed by atoms with Crippen LogP contribution in [0.2, 0.25) is 15.1 Å². The highest BCUT2D eigenvalue weighted by Gasteiger charge is 2.07. The molecule has 2 aromatic carbocycles. The summed E-state index contributed by atoms with van der Waals surface area (Å²) in [4.78, 5) is 0. The predicted octanol–water partition coefficient (Wildman–Crippen LogP) is 5.27. The lowest BCUT2D eigenvalue weighted by molar-refractivity contribution is 0.414. The van der Waals surface area contributed by atoms with Gasteiger partial charge in [-0.1, -0.05) is 46.9 Å². The Hall–Kier alpha value is -1.09. The van der Waals surface area contributed by atoms with E-state index in [9.17, 15) is 0 Å². The molecule has 0 saturated heterocycles. The van der Waals surface area contributed by atoms with E-state index in [2.05, 4.69) is 5.32 Å². The largest absolute Gasteiger partial charge is 0.497 e. The van der Waals surface area contributed by atoms with E-state index in [4.69, 9.17) is 39.5 Å². The molecule has 0 radical (unpaired) electrons. The molecule has 0 aliphatic rings. The first-order chi connectivity index (χ1) is 9.10. The van der Waals surface area contributed by atoms with Crippen molar-refractivity contribution in [2.24, 2.45) is 0 Å². The Bertz CT molecular complexity index is 564. The second kappa shape index (κ2) is 6.38. The van der Waals surface area contributed by atoms with E-state index in [0.717, 1.165) is 11.3 Å². The summed E-state index contributed by atoms with van der Waals surface area (Å²) in [5.74, 6) is 0.813. The van der Waals surface area contributed by atoms with E-state index in [1.165, 1.54) is 0 Å². The van der Waals surface area contributed by atoms with E-state index in [1.54, 1.807) is 19.2 Å². The molecule has 1 N–H and O–H groups in total. The second-order valence-corrected chi connectivity index (χ2v) is 5.20. The van der Waals surface area contributed by atoms with Gasteiger partial charge in [0.05, 0.1) is 22.8 Å².